The van der Waals surface area contributed by atoms with Crippen molar-refractivity contribution in [2.75, 3.05) is 19.8 Å². The molecule has 1 aromatic heterocycles. The minimum atomic E-state index is -0.180. The number of carbonyl (C=O) groups excluding carboxylic acids is 1. The number of hydrogen-bond acceptors (Lipinski definition) is 3. The number of halogens is 1. The molecule has 21 heavy (non-hydrogen) atoms. The van der Waals surface area contributed by atoms with Crippen molar-refractivity contribution in [2.24, 2.45) is 5.92 Å². The number of rotatable bonds is 7. The van der Waals surface area contributed by atoms with Gasteiger partial charge in [-0.1, -0.05) is 12.1 Å². The summed E-state index contributed by atoms with van der Waals surface area (Å²) in [5, 5.41) is 3.77. The monoisotopic (exact) mass is 351 g/mol. The van der Waals surface area contributed by atoms with Crippen molar-refractivity contribution in [3.8, 4) is 0 Å². The van der Waals surface area contributed by atoms with Crippen LogP contribution < -0.4 is 5.32 Å². The molecular weight excluding hydrogens is 334 g/mol. The number of ether oxygens (including phenoxy) is 1. The van der Waals surface area contributed by atoms with Crippen molar-refractivity contribution in [1.29, 1.82) is 0 Å². The van der Waals surface area contributed by atoms with Gasteiger partial charge in [-0.25, -0.2) is 0 Å². The zero-order valence-corrected chi connectivity index (χ0v) is 13.3. The second kappa shape index (κ2) is 6.62. The largest absolute Gasteiger partial charge is 0.450 e. The van der Waals surface area contributed by atoms with Gasteiger partial charge in [-0.3, -0.25) is 4.79 Å². The molecule has 0 atom stereocenters. The lowest BCUT2D eigenvalue weighted by molar-refractivity contribution is 0.0913. The fraction of sp³-hybridized carbons (Fsp3) is 0.438. The molecule has 1 N–H and O–H groups in total. The number of amides is 1. The van der Waals surface area contributed by atoms with E-state index in [1.54, 1.807) is 6.07 Å². The molecule has 1 amide bonds. The van der Waals surface area contributed by atoms with E-state index in [-0.39, 0.29) is 5.91 Å². The Balaban J connectivity index is 1.46. The number of fused-ring (bicyclic) bond motifs is 1. The molecule has 0 unspecified atom stereocenters. The molecular formula is C16H18BrNO3. The maximum atomic E-state index is 12.0. The van der Waals surface area contributed by atoms with Crippen LogP contribution in [0, 0.1) is 5.92 Å². The van der Waals surface area contributed by atoms with E-state index in [1.807, 2.05) is 18.2 Å². The van der Waals surface area contributed by atoms with Gasteiger partial charge in [-0.15, -0.1) is 0 Å². The number of para-hydroxylation sites is 1. The normalized spacial score (nSPS) is 14.5. The fourth-order valence-corrected chi connectivity index (χ4v) is 2.60. The third-order valence-corrected chi connectivity index (χ3v) is 4.15. The molecule has 0 spiro atoms. The number of hydrogen-bond donors (Lipinski definition) is 1. The molecule has 1 aromatic carbocycles. The summed E-state index contributed by atoms with van der Waals surface area (Å²) in [6, 6.07) is 7.50. The van der Waals surface area contributed by atoms with Gasteiger partial charge < -0.3 is 14.5 Å². The van der Waals surface area contributed by atoms with E-state index in [0.717, 1.165) is 28.8 Å². The van der Waals surface area contributed by atoms with Gasteiger partial charge in [-0.05, 0) is 53.2 Å². The van der Waals surface area contributed by atoms with Gasteiger partial charge in [0.25, 0.3) is 5.91 Å². The van der Waals surface area contributed by atoms with Crippen LogP contribution in [-0.4, -0.2) is 25.7 Å². The molecule has 1 aliphatic rings. The summed E-state index contributed by atoms with van der Waals surface area (Å²) >= 11 is 3.42. The maximum absolute atomic E-state index is 12.0. The summed E-state index contributed by atoms with van der Waals surface area (Å²) in [5.74, 6) is 0.949. The van der Waals surface area contributed by atoms with Crippen molar-refractivity contribution in [3.63, 3.8) is 0 Å². The van der Waals surface area contributed by atoms with Gasteiger partial charge in [-0.2, -0.15) is 0 Å². The Morgan fingerprint density at radius 2 is 2.29 bits per heavy atom. The van der Waals surface area contributed by atoms with Crippen LogP contribution in [0.25, 0.3) is 11.0 Å². The number of benzene rings is 1. The molecule has 4 nitrogen and oxygen atoms in total. The summed E-state index contributed by atoms with van der Waals surface area (Å²) in [5.41, 5.74) is 0.704. The van der Waals surface area contributed by atoms with Crippen molar-refractivity contribution in [3.05, 3.63) is 34.5 Å². The summed E-state index contributed by atoms with van der Waals surface area (Å²) in [6.07, 6.45) is 3.43. The SMILES string of the molecule is O=C(NCCCOCC1CC1)c1cc2cccc(Br)c2o1. The highest BCUT2D eigenvalue weighted by molar-refractivity contribution is 9.10. The summed E-state index contributed by atoms with van der Waals surface area (Å²) in [4.78, 5) is 12.0. The average Bonchev–Trinajstić information content (AvgIpc) is 3.19. The van der Waals surface area contributed by atoms with Gasteiger partial charge in [0.1, 0.15) is 5.58 Å². The van der Waals surface area contributed by atoms with Crippen LogP contribution in [0.2, 0.25) is 0 Å². The Kier molecular flexibility index (Phi) is 4.60. The molecule has 0 bridgehead atoms. The smallest absolute Gasteiger partial charge is 0.287 e. The Morgan fingerprint density at radius 1 is 1.43 bits per heavy atom. The molecule has 1 fully saturated rings. The predicted molar refractivity (Wildman–Crippen MR) is 84.4 cm³/mol. The highest BCUT2D eigenvalue weighted by Gasteiger charge is 2.20. The second-order valence-electron chi connectivity index (χ2n) is 5.40. The first-order chi connectivity index (χ1) is 10.2. The number of furan rings is 1. The molecule has 1 heterocycles. The molecule has 0 radical (unpaired) electrons. The van der Waals surface area contributed by atoms with Crippen molar-refractivity contribution >= 4 is 32.8 Å². The Morgan fingerprint density at radius 3 is 3.05 bits per heavy atom. The van der Waals surface area contributed by atoms with Crippen LogP contribution in [0.5, 0.6) is 0 Å². The van der Waals surface area contributed by atoms with Crippen LogP contribution in [0.15, 0.2) is 33.2 Å². The van der Waals surface area contributed by atoms with Gasteiger partial charge in [0.05, 0.1) is 4.47 Å². The zero-order valence-electron chi connectivity index (χ0n) is 11.7. The van der Waals surface area contributed by atoms with Crippen LogP contribution in [-0.2, 0) is 4.74 Å². The van der Waals surface area contributed by atoms with Crippen molar-refractivity contribution in [1.82, 2.24) is 5.32 Å². The van der Waals surface area contributed by atoms with Crippen LogP contribution >= 0.6 is 15.9 Å². The lowest BCUT2D eigenvalue weighted by atomic mass is 10.2. The van der Waals surface area contributed by atoms with Crippen molar-refractivity contribution < 1.29 is 13.9 Å². The van der Waals surface area contributed by atoms with Crippen molar-refractivity contribution in [2.45, 2.75) is 19.3 Å². The molecule has 1 aliphatic carbocycles. The van der Waals surface area contributed by atoms with E-state index in [2.05, 4.69) is 21.2 Å². The predicted octanol–water partition coefficient (Wildman–Crippen LogP) is 3.74. The third-order valence-electron chi connectivity index (χ3n) is 3.52. The fourth-order valence-electron chi connectivity index (χ4n) is 2.14. The highest BCUT2D eigenvalue weighted by Crippen LogP contribution is 2.28. The van der Waals surface area contributed by atoms with Gasteiger partial charge in [0.2, 0.25) is 0 Å². The summed E-state index contributed by atoms with van der Waals surface area (Å²) in [7, 11) is 0. The summed E-state index contributed by atoms with van der Waals surface area (Å²) < 4.78 is 12.0. The molecule has 0 aliphatic heterocycles. The third kappa shape index (κ3) is 3.86. The first-order valence-electron chi connectivity index (χ1n) is 7.28. The Hall–Kier alpha value is -1.33. The lowest BCUT2D eigenvalue weighted by Gasteiger charge is -2.04. The quantitative estimate of drug-likeness (QED) is 0.773. The van der Waals surface area contributed by atoms with E-state index < -0.39 is 0 Å². The summed E-state index contributed by atoms with van der Waals surface area (Å²) in [6.45, 7) is 2.16. The second-order valence-corrected chi connectivity index (χ2v) is 6.25. The standard InChI is InChI=1S/C16H18BrNO3/c17-13-4-1-3-12-9-14(21-15(12)13)16(19)18-7-2-8-20-10-11-5-6-11/h1,3-4,9,11H,2,5-8,10H2,(H,18,19). The van der Waals surface area contributed by atoms with Gasteiger partial charge in [0, 0.05) is 25.1 Å². The average molecular weight is 352 g/mol. The molecule has 1 saturated carbocycles. The molecule has 2 aromatic rings. The van der Waals surface area contributed by atoms with Crippen LogP contribution in [0.1, 0.15) is 29.8 Å². The maximum Gasteiger partial charge on any atom is 0.287 e. The van der Waals surface area contributed by atoms with Crippen LogP contribution in [0.4, 0.5) is 0 Å². The minimum Gasteiger partial charge on any atom is -0.450 e. The zero-order chi connectivity index (χ0) is 14.7. The topological polar surface area (TPSA) is 51.5 Å². The highest BCUT2D eigenvalue weighted by atomic mass is 79.9. The van der Waals surface area contributed by atoms with E-state index in [0.29, 0.717) is 24.5 Å². The molecule has 0 saturated heterocycles. The van der Waals surface area contributed by atoms with E-state index in [1.165, 1.54) is 12.8 Å². The first-order valence-corrected chi connectivity index (χ1v) is 8.07. The Labute approximate surface area is 132 Å². The number of carbonyl (C=O) groups is 1. The van der Waals surface area contributed by atoms with Crippen LogP contribution in [0.3, 0.4) is 0 Å². The van der Waals surface area contributed by atoms with E-state index in [4.69, 9.17) is 9.15 Å². The van der Waals surface area contributed by atoms with Gasteiger partial charge in [0.15, 0.2) is 5.76 Å². The Bertz CT molecular complexity index is 633. The first kappa shape index (κ1) is 14.6. The molecule has 112 valence electrons. The minimum absolute atomic E-state index is 0.180. The number of nitrogens with one attached hydrogen (secondary N) is 1. The van der Waals surface area contributed by atoms with E-state index in [9.17, 15) is 4.79 Å². The molecule has 3 rings (SSSR count). The molecule has 5 heteroatoms. The van der Waals surface area contributed by atoms with E-state index >= 15 is 0 Å². The van der Waals surface area contributed by atoms with Gasteiger partial charge >= 0.3 is 0 Å². The lowest BCUT2D eigenvalue weighted by Crippen LogP contribution is -2.24.